The molecule has 0 saturated carbocycles. The largest absolute Gasteiger partial charge is 0.397 e. The number of nitrogens with zero attached hydrogens (tertiary/aromatic N) is 1. The first kappa shape index (κ1) is 11.0. The highest BCUT2D eigenvalue weighted by atomic mass is 16.1. The minimum absolute atomic E-state index is 0.398. The van der Waals surface area contributed by atoms with Crippen molar-refractivity contribution in [1.29, 1.82) is 0 Å². The van der Waals surface area contributed by atoms with Crippen molar-refractivity contribution in [2.75, 3.05) is 11.1 Å². The van der Waals surface area contributed by atoms with E-state index in [-0.39, 0.29) is 0 Å². The lowest BCUT2D eigenvalue weighted by Gasteiger charge is -2.09. The summed E-state index contributed by atoms with van der Waals surface area (Å²) in [5, 5.41) is 3.13. The summed E-state index contributed by atoms with van der Waals surface area (Å²) in [4.78, 5) is 17.8. The number of aromatic nitrogens is 2. The van der Waals surface area contributed by atoms with Crippen molar-refractivity contribution in [2.24, 2.45) is 5.73 Å². The normalized spacial score (nSPS) is 10.1. The number of imidazole rings is 1. The van der Waals surface area contributed by atoms with Crippen LogP contribution >= 0.6 is 0 Å². The van der Waals surface area contributed by atoms with E-state index in [1.807, 2.05) is 0 Å². The fourth-order valence-electron chi connectivity index (χ4n) is 1.45. The van der Waals surface area contributed by atoms with Crippen molar-refractivity contribution in [3.8, 4) is 0 Å². The van der Waals surface area contributed by atoms with E-state index < -0.39 is 5.91 Å². The van der Waals surface area contributed by atoms with Gasteiger partial charge in [-0.2, -0.15) is 0 Å². The predicted octanol–water partition coefficient (Wildman–Crippen LogP) is 0.703. The van der Waals surface area contributed by atoms with Gasteiger partial charge in [-0.15, -0.1) is 0 Å². The Morgan fingerprint density at radius 1 is 1.47 bits per heavy atom. The van der Waals surface area contributed by atoms with Crippen LogP contribution < -0.4 is 16.8 Å². The molecule has 0 atom stereocenters. The summed E-state index contributed by atoms with van der Waals surface area (Å²) < 4.78 is 0. The van der Waals surface area contributed by atoms with Gasteiger partial charge in [0.05, 0.1) is 29.9 Å². The average molecular weight is 231 g/mol. The van der Waals surface area contributed by atoms with E-state index in [1.54, 1.807) is 30.7 Å². The van der Waals surface area contributed by atoms with Crippen molar-refractivity contribution in [3.05, 3.63) is 42.0 Å². The zero-order chi connectivity index (χ0) is 12.3. The Morgan fingerprint density at radius 3 is 2.88 bits per heavy atom. The fraction of sp³-hybridized carbons (Fsp3) is 0.0909. The zero-order valence-electron chi connectivity index (χ0n) is 9.10. The van der Waals surface area contributed by atoms with Crippen LogP contribution in [0, 0.1) is 0 Å². The van der Waals surface area contributed by atoms with Gasteiger partial charge in [-0.05, 0) is 18.2 Å². The average Bonchev–Trinajstić information content (AvgIpc) is 2.80. The Labute approximate surface area is 98.0 Å². The molecule has 0 aliphatic carbocycles. The Kier molecular flexibility index (Phi) is 2.95. The number of benzene rings is 1. The van der Waals surface area contributed by atoms with Gasteiger partial charge in [0.15, 0.2) is 0 Å². The SMILES string of the molecule is NC(=O)c1ccc(NCc2cnc[nH]2)c(N)c1. The first-order valence-corrected chi connectivity index (χ1v) is 5.07. The third-order valence-corrected chi connectivity index (χ3v) is 2.36. The fourth-order valence-corrected chi connectivity index (χ4v) is 1.45. The van der Waals surface area contributed by atoms with Crippen molar-refractivity contribution in [1.82, 2.24) is 9.97 Å². The number of carbonyl (C=O) groups excluding carboxylic acids is 1. The lowest BCUT2D eigenvalue weighted by Crippen LogP contribution is -2.12. The molecular formula is C11H13N5O. The number of hydrogen-bond acceptors (Lipinski definition) is 4. The maximum Gasteiger partial charge on any atom is 0.248 e. The van der Waals surface area contributed by atoms with E-state index in [9.17, 15) is 4.79 Å². The van der Waals surface area contributed by atoms with Gasteiger partial charge in [-0.3, -0.25) is 4.79 Å². The lowest BCUT2D eigenvalue weighted by atomic mass is 10.1. The highest BCUT2D eigenvalue weighted by molar-refractivity contribution is 5.94. The Balaban J connectivity index is 2.09. The summed E-state index contributed by atoms with van der Waals surface area (Å²) in [6.45, 7) is 0.583. The number of carbonyl (C=O) groups is 1. The summed E-state index contributed by atoms with van der Waals surface area (Å²) in [5.41, 5.74) is 13.5. The van der Waals surface area contributed by atoms with Crippen LogP contribution in [0.4, 0.5) is 11.4 Å². The van der Waals surface area contributed by atoms with Crippen molar-refractivity contribution in [3.63, 3.8) is 0 Å². The highest BCUT2D eigenvalue weighted by Crippen LogP contribution is 2.20. The Morgan fingerprint density at radius 2 is 2.29 bits per heavy atom. The van der Waals surface area contributed by atoms with Gasteiger partial charge < -0.3 is 21.8 Å². The van der Waals surface area contributed by atoms with Gasteiger partial charge in [0.2, 0.25) is 5.91 Å². The third-order valence-electron chi connectivity index (χ3n) is 2.36. The van der Waals surface area contributed by atoms with E-state index in [4.69, 9.17) is 11.5 Å². The van der Waals surface area contributed by atoms with Crippen molar-refractivity contribution >= 4 is 17.3 Å². The molecule has 0 radical (unpaired) electrons. The number of H-pyrrole nitrogens is 1. The zero-order valence-corrected chi connectivity index (χ0v) is 9.10. The first-order valence-electron chi connectivity index (χ1n) is 5.07. The maximum absolute atomic E-state index is 10.9. The van der Waals surface area contributed by atoms with E-state index in [0.717, 1.165) is 11.4 Å². The first-order chi connectivity index (χ1) is 8.16. The number of rotatable bonds is 4. The second-order valence-electron chi connectivity index (χ2n) is 3.60. The molecule has 6 heteroatoms. The Hall–Kier alpha value is -2.50. The molecule has 0 aliphatic heterocycles. The summed E-state index contributed by atoms with van der Waals surface area (Å²) in [7, 11) is 0. The molecule has 1 aromatic heterocycles. The number of amides is 1. The van der Waals surface area contributed by atoms with Gasteiger partial charge >= 0.3 is 0 Å². The number of nitrogens with one attached hydrogen (secondary N) is 2. The molecule has 1 heterocycles. The number of nitrogens with two attached hydrogens (primary N) is 2. The minimum atomic E-state index is -0.489. The molecule has 0 bridgehead atoms. The van der Waals surface area contributed by atoms with Gasteiger partial charge in [0.25, 0.3) is 0 Å². The smallest absolute Gasteiger partial charge is 0.248 e. The lowest BCUT2D eigenvalue weighted by molar-refractivity contribution is 0.100. The number of primary amides is 1. The van der Waals surface area contributed by atoms with Crippen LogP contribution in [-0.2, 0) is 6.54 Å². The molecule has 1 amide bonds. The molecule has 0 fully saturated rings. The van der Waals surface area contributed by atoms with Crippen LogP contribution in [-0.4, -0.2) is 15.9 Å². The molecule has 0 saturated heterocycles. The topological polar surface area (TPSA) is 110 Å². The van der Waals surface area contributed by atoms with Crippen molar-refractivity contribution in [2.45, 2.75) is 6.54 Å². The molecule has 6 N–H and O–H groups in total. The molecule has 0 aliphatic rings. The molecule has 0 spiro atoms. The monoisotopic (exact) mass is 231 g/mol. The molecule has 2 rings (SSSR count). The van der Waals surface area contributed by atoms with Crippen LogP contribution in [0.2, 0.25) is 0 Å². The maximum atomic E-state index is 10.9. The van der Waals surface area contributed by atoms with Gasteiger partial charge in [-0.25, -0.2) is 4.98 Å². The molecule has 6 nitrogen and oxygen atoms in total. The summed E-state index contributed by atoms with van der Waals surface area (Å²) in [5.74, 6) is -0.489. The number of nitrogen functional groups attached to an aromatic ring is 1. The Bertz CT molecular complexity index is 521. The summed E-state index contributed by atoms with van der Waals surface area (Å²) in [6, 6.07) is 4.91. The van der Waals surface area contributed by atoms with Crippen LogP contribution in [0.5, 0.6) is 0 Å². The molecular weight excluding hydrogens is 218 g/mol. The van der Waals surface area contributed by atoms with Crippen LogP contribution in [0.15, 0.2) is 30.7 Å². The molecule has 0 unspecified atom stereocenters. The van der Waals surface area contributed by atoms with Crippen molar-refractivity contribution < 1.29 is 4.79 Å². The van der Waals surface area contributed by atoms with E-state index >= 15 is 0 Å². The molecule has 2 aromatic rings. The predicted molar refractivity (Wildman–Crippen MR) is 65.3 cm³/mol. The highest BCUT2D eigenvalue weighted by Gasteiger charge is 2.04. The van der Waals surface area contributed by atoms with Crippen LogP contribution in [0.25, 0.3) is 0 Å². The van der Waals surface area contributed by atoms with E-state index in [0.29, 0.717) is 17.8 Å². The molecule has 88 valence electrons. The van der Waals surface area contributed by atoms with Crippen LogP contribution in [0.3, 0.4) is 0 Å². The minimum Gasteiger partial charge on any atom is -0.397 e. The van der Waals surface area contributed by atoms with Gasteiger partial charge in [0, 0.05) is 11.8 Å². The summed E-state index contributed by atoms with van der Waals surface area (Å²) >= 11 is 0. The van der Waals surface area contributed by atoms with Gasteiger partial charge in [-0.1, -0.05) is 0 Å². The third kappa shape index (κ3) is 2.54. The van der Waals surface area contributed by atoms with Gasteiger partial charge in [0.1, 0.15) is 0 Å². The molecule has 17 heavy (non-hydrogen) atoms. The number of aromatic amines is 1. The van der Waals surface area contributed by atoms with Crippen LogP contribution in [0.1, 0.15) is 16.1 Å². The number of anilines is 2. The van der Waals surface area contributed by atoms with E-state index in [2.05, 4.69) is 15.3 Å². The number of hydrogen-bond donors (Lipinski definition) is 4. The standard InChI is InChI=1S/C11H13N5O/c12-9-3-7(11(13)17)1-2-10(9)15-5-8-4-14-6-16-8/h1-4,6,15H,5,12H2,(H2,13,17)(H,14,16). The molecule has 1 aromatic carbocycles. The second kappa shape index (κ2) is 4.56. The quantitative estimate of drug-likeness (QED) is 0.580. The second-order valence-corrected chi connectivity index (χ2v) is 3.60. The van der Waals surface area contributed by atoms with E-state index in [1.165, 1.54) is 0 Å². The summed E-state index contributed by atoms with van der Waals surface area (Å²) in [6.07, 6.45) is 3.33.